The molecule has 6 heteroatoms. The monoisotopic (exact) mass is 392 g/mol. The number of nitrogens with zero attached hydrogens (tertiary/aromatic N) is 2. The van der Waals surface area contributed by atoms with Crippen molar-refractivity contribution in [1.82, 2.24) is 9.97 Å². The number of amides is 1. The summed E-state index contributed by atoms with van der Waals surface area (Å²) in [5.41, 5.74) is 4.06. The number of rotatable bonds is 6. The Balaban J connectivity index is 1.80. The molecule has 1 heterocycles. The molecule has 0 aliphatic rings. The Morgan fingerprint density at radius 3 is 2.07 bits per heavy atom. The number of hydrogen-bond acceptors (Lipinski definition) is 4. The van der Waals surface area contributed by atoms with E-state index < -0.39 is 11.7 Å². The molecular formula is C23H25FN4O. The number of carbonyl (C=O) groups excluding carboxylic acids is 1. The molecule has 29 heavy (non-hydrogen) atoms. The summed E-state index contributed by atoms with van der Waals surface area (Å²) in [6, 6.07) is 12.0. The van der Waals surface area contributed by atoms with Crippen LogP contribution in [0.5, 0.6) is 0 Å². The van der Waals surface area contributed by atoms with Gasteiger partial charge in [-0.1, -0.05) is 52.0 Å². The molecule has 150 valence electrons. The molecule has 0 aliphatic heterocycles. The highest BCUT2D eigenvalue weighted by atomic mass is 19.1. The van der Waals surface area contributed by atoms with Crippen LogP contribution in [-0.2, 0) is 0 Å². The number of nitrogens with one attached hydrogen (secondary N) is 2. The van der Waals surface area contributed by atoms with E-state index in [0.717, 1.165) is 5.69 Å². The second-order valence-corrected chi connectivity index (χ2v) is 7.51. The van der Waals surface area contributed by atoms with Crippen LogP contribution in [0, 0.1) is 5.82 Å². The molecule has 0 unspecified atom stereocenters. The summed E-state index contributed by atoms with van der Waals surface area (Å²) in [5.74, 6) is 0.290. The molecule has 2 N–H and O–H groups in total. The van der Waals surface area contributed by atoms with Gasteiger partial charge < -0.3 is 10.6 Å². The highest BCUT2D eigenvalue weighted by Crippen LogP contribution is 2.33. The summed E-state index contributed by atoms with van der Waals surface area (Å²) in [6.07, 6.45) is 2.91. The normalized spacial score (nSPS) is 11.0. The van der Waals surface area contributed by atoms with E-state index in [1.807, 2.05) is 0 Å². The Kier molecular flexibility index (Phi) is 6.22. The molecule has 0 atom stereocenters. The Morgan fingerprint density at radius 1 is 0.931 bits per heavy atom. The van der Waals surface area contributed by atoms with Crippen LogP contribution in [0.4, 0.5) is 21.7 Å². The summed E-state index contributed by atoms with van der Waals surface area (Å²) in [6.45, 7) is 8.58. The van der Waals surface area contributed by atoms with Crippen molar-refractivity contribution in [2.45, 2.75) is 39.5 Å². The summed E-state index contributed by atoms with van der Waals surface area (Å²) in [7, 11) is 0. The molecule has 0 fully saturated rings. The van der Waals surface area contributed by atoms with Crippen molar-refractivity contribution >= 4 is 23.2 Å². The van der Waals surface area contributed by atoms with Crippen LogP contribution >= 0.6 is 0 Å². The molecule has 3 aromatic rings. The lowest BCUT2D eigenvalue weighted by Crippen LogP contribution is -2.13. The molecule has 3 rings (SSSR count). The third kappa shape index (κ3) is 4.96. The first-order valence-corrected chi connectivity index (χ1v) is 9.64. The lowest BCUT2D eigenvalue weighted by Gasteiger charge is -2.20. The number of benzene rings is 2. The summed E-state index contributed by atoms with van der Waals surface area (Å²) < 4.78 is 13.3. The van der Waals surface area contributed by atoms with E-state index in [4.69, 9.17) is 0 Å². The van der Waals surface area contributed by atoms with Gasteiger partial charge in [0.25, 0.3) is 5.91 Å². The minimum Gasteiger partial charge on any atom is -0.324 e. The smallest absolute Gasteiger partial charge is 0.258 e. The van der Waals surface area contributed by atoms with Crippen molar-refractivity contribution in [2.24, 2.45) is 0 Å². The van der Waals surface area contributed by atoms with E-state index in [1.54, 1.807) is 6.07 Å². The first-order chi connectivity index (χ1) is 13.8. The van der Waals surface area contributed by atoms with Crippen LogP contribution in [0.25, 0.3) is 0 Å². The van der Waals surface area contributed by atoms with Crippen LogP contribution in [0.2, 0.25) is 0 Å². The Hall–Kier alpha value is -3.28. The molecule has 0 saturated carbocycles. The maximum atomic E-state index is 13.3. The largest absolute Gasteiger partial charge is 0.324 e. The zero-order valence-corrected chi connectivity index (χ0v) is 17.0. The Labute approximate surface area is 170 Å². The van der Waals surface area contributed by atoms with Crippen molar-refractivity contribution in [2.75, 3.05) is 10.6 Å². The van der Waals surface area contributed by atoms with Crippen LogP contribution in [0.15, 0.2) is 54.9 Å². The molecular weight excluding hydrogens is 367 g/mol. The molecule has 1 aromatic heterocycles. The van der Waals surface area contributed by atoms with Gasteiger partial charge in [-0.2, -0.15) is 0 Å². The van der Waals surface area contributed by atoms with Gasteiger partial charge in [-0.25, -0.2) is 14.4 Å². The van der Waals surface area contributed by atoms with Gasteiger partial charge in [-0.05, 0) is 41.2 Å². The fraction of sp³-hybridized carbons (Fsp3) is 0.261. The second kappa shape index (κ2) is 8.82. The number of halogens is 1. The van der Waals surface area contributed by atoms with E-state index in [0.29, 0.717) is 29.0 Å². The second-order valence-electron chi connectivity index (χ2n) is 7.51. The van der Waals surface area contributed by atoms with Crippen LogP contribution in [0.1, 0.15) is 61.0 Å². The number of para-hydroxylation sites is 1. The highest BCUT2D eigenvalue weighted by Gasteiger charge is 2.15. The fourth-order valence-corrected chi connectivity index (χ4v) is 3.09. The lowest BCUT2D eigenvalue weighted by atomic mass is 9.93. The third-order valence-electron chi connectivity index (χ3n) is 4.61. The number of hydrogen-bond donors (Lipinski definition) is 2. The standard InChI is InChI=1S/C23H25FN4O/c1-14(2)19-9-6-10-20(15(3)4)21(19)28-23-25-12-16(13-26-23)22(29)27-18-8-5-7-17(24)11-18/h5-15H,1-4H3,(H,27,29)(H,25,26,28). The number of aromatic nitrogens is 2. The SMILES string of the molecule is CC(C)c1cccc(C(C)C)c1Nc1ncc(C(=O)Nc2cccc(F)c2)cn1. The van der Waals surface area contributed by atoms with Crippen LogP contribution in [0.3, 0.4) is 0 Å². The van der Waals surface area contributed by atoms with Crippen LogP contribution < -0.4 is 10.6 Å². The Morgan fingerprint density at radius 2 is 1.52 bits per heavy atom. The van der Waals surface area contributed by atoms with Crippen molar-refractivity contribution in [1.29, 1.82) is 0 Å². The van der Waals surface area contributed by atoms with Gasteiger partial charge in [0.1, 0.15) is 5.82 Å². The topological polar surface area (TPSA) is 66.9 Å². The third-order valence-corrected chi connectivity index (χ3v) is 4.61. The van der Waals surface area contributed by atoms with E-state index in [-0.39, 0.29) is 0 Å². The molecule has 0 spiro atoms. The van der Waals surface area contributed by atoms with Crippen molar-refractivity contribution in [3.05, 3.63) is 77.4 Å². The molecule has 0 bridgehead atoms. The predicted molar refractivity (Wildman–Crippen MR) is 114 cm³/mol. The molecule has 1 amide bonds. The highest BCUT2D eigenvalue weighted by molar-refractivity contribution is 6.03. The van der Waals surface area contributed by atoms with Crippen molar-refractivity contribution < 1.29 is 9.18 Å². The Bertz CT molecular complexity index is 974. The maximum Gasteiger partial charge on any atom is 0.258 e. The number of anilines is 3. The predicted octanol–water partition coefficient (Wildman–Crippen LogP) is 5.86. The molecule has 2 aromatic carbocycles. The minimum atomic E-state index is -0.414. The van der Waals surface area contributed by atoms with E-state index >= 15 is 0 Å². The molecule has 5 nitrogen and oxygen atoms in total. The number of carbonyl (C=O) groups is 1. The maximum absolute atomic E-state index is 13.3. The molecule has 0 saturated heterocycles. The van der Waals surface area contributed by atoms with E-state index in [1.165, 1.54) is 41.7 Å². The van der Waals surface area contributed by atoms with Gasteiger partial charge >= 0.3 is 0 Å². The quantitative estimate of drug-likeness (QED) is 0.551. The zero-order valence-electron chi connectivity index (χ0n) is 17.0. The minimum absolute atomic E-state index is 0.293. The zero-order chi connectivity index (χ0) is 21.0. The summed E-state index contributed by atoms with van der Waals surface area (Å²) >= 11 is 0. The van der Waals surface area contributed by atoms with Gasteiger partial charge in [0.15, 0.2) is 0 Å². The van der Waals surface area contributed by atoms with Gasteiger partial charge in [0.2, 0.25) is 5.95 Å². The summed E-state index contributed by atoms with van der Waals surface area (Å²) in [4.78, 5) is 20.9. The molecule has 0 aliphatic carbocycles. The first kappa shape index (κ1) is 20.5. The first-order valence-electron chi connectivity index (χ1n) is 9.64. The van der Waals surface area contributed by atoms with E-state index in [9.17, 15) is 9.18 Å². The van der Waals surface area contributed by atoms with E-state index in [2.05, 4.69) is 66.5 Å². The lowest BCUT2D eigenvalue weighted by molar-refractivity contribution is 0.102. The van der Waals surface area contributed by atoms with Crippen LogP contribution in [-0.4, -0.2) is 15.9 Å². The average molecular weight is 392 g/mol. The average Bonchev–Trinajstić information content (AvgIpc) is 2.68. The fourth-order valence-electron chi connectivity index (χ4n) is 3.09. The molecule has 0 radical (unpaired) electrons. The van der Waals surface area contributed by atoms with Gasteiger partial charge in [-0.3, -0.25) is 4.79 Å². The van der Waals surface area contributed by atoms with Crippen molar-refractivity contribution in [3.63, 3.8) is 0 Å². The van der Waals surface area contributed by atoms with Gasteiger partial charge in [-0.15, -0.1) is 0 Å². The van der Waals surface area contributed by atoms with Gasteiger partial charge in [0.05, 0.1) is 5.56 Å². The van der Waals surface area contributed by atoms with Gasteiger partial charge in [0, 0.05) is 23.8 Å². The summed E-state index contributed by atoms with van der Waals surface area (Å²) in [5, 5.41) is 5.96. The van der Waals surface area contributed by atoms with Crippen molar-refractivity contribution in [3.8, 4) is 0 Å².